The highest BCUT2D eigenvalue weighted by Gasteiger charge is 2.51. The van der Waals surface area contributed by atoms with Crippen molar-refractivity contribution in [3.8, 4) is 0 Å². The molecule has 1 fully saturated rings. The zero-order chi connectivity index (χ0) is 43.6. The van der Waals surface area contributed by atoms with E-state index in [9.17, 15) is 44.6 Å². The minimum atomic E-state index is -5.13. The van der Waals surface area contributed by atoms with E-state index >= 15 is 0 Å². The highest BCUT2D eigenvalue weighted by atomic mass is 31.2. The Bertz CT molecular complexity index is 1220. The molecule has 14 heteroatoms. The van der Waals surface area contributed by atoms with Crippen LogP contribution in [0.5, 0.6) is 0 Å². The lowest BCUT2D eigenvalue weighted by Crippen LogP contribution is -2.64. The average molecular weight is 859 g/mol. The van der Waals surface area contributed by atoms with Gasteiger partial charge in [-0.15, -0.1) is 0 Å². The van der Waals surface area contributed by atoms with Crippen LogP contribution in [0.1, 0.15) is 168 Å². The number of rotatable bonds is 36. The van der Waals surface area contributed by atoms with E-state index in [4.69, 9.17) is 18.5 Å². The Balaban J connectivity index is 2.50. The van der Waals surface area contributed by atoms with Crippen molar-refractivity contribution in [3.05, 3.63) is 48.6 Å². The lowest BCUT2D eigenvalue weighted by atomic mass is 9.85. The average Bonchev–Trinajstić information content (AvgIpc) is 3.21. The molecular weight excluding hydrogens is 779 g/mol. The van der Waals surface area contributed by atoms with Crippen LogP contribution in [-0.4, -0.2) is 98.3 Å². The SMILES string of the molecule is CCCCC/C=C/C/C=C/CCCCCCCCCC(=O)OCC(COP(=O)(O)OC1C(O)C(O)C(O)[C@H](O)C1O)OC(=O)CC/C=C/C/C=C/CCCCCCCC. The van der Waals surface area contributed by atoms with Crippen LogP contribution >= 0.6 is 7.82 Å². The fourth-order valence-electron chi connectivity index (χ4n) is 6.49. The molecule has 59 heavy (non-hydrogen) atoms. The number of allylic oxidation sites excluding steroid dienone is 8. The van der Waals surface area contributed by atoms with Gasteiger partial charge in [0, 0.05) is 12.8 Å². The lowest BCUT2D eigenvalue weighted by molar-refractivity contribution is -0.220. The minimum Gasteiger partial charge on any atom is -0.462 e. The molecule has 0 spiro atoms. The van der Waals surface area contributed by atoms with E-state index in [2.05, 4.69) is 50.3 Å². The Kier molecular flexibility index (Phi) is 32.9. The molecule has 0 heterocycles. The largest absolute Gasteiger partial charge is 0.472 e. The fraction of sp³-hybridized carbons (Fsp3) is 0.778. The second-order valence-electron chi connectivity index (χ2n) is 15.5. The maximum atomic E-state index is 12.8. The zero-order valence-electron chi connectivity index (χ0n) is 36.0. The van der Waals surface area contributed by atoms with E-state index in [0.29, 0.717) is 12.8 Å². The molecule has 0 aromatic carbocycles. The predicted octanol–water partition coefficient (Wildman–Crippen LogP) is 8.39. The molecule has 0 amide bonds. The first-order chi connectivity index (χ1) is 28.4. The van der Waals surface area contributed by atoms with Gasteiger partial charge in [0.15, 0.2) is 6.10 Å². The number of unbranched alkanes of at least 4 members (excludes halogenated alkanes) is 16. The van der Waals surface area contributed by atoms with Crippen molar-refractivity contribution in [2.24, 2.45) is 0 Å². The minimum absolute atomic E-state index is 0.0121. The van der Waals surface area contributed by atoms with Gasteiger partial charge in [-0.25, -0.2) is 4.57 Å². The molecule has 0 bridgehead atoms. The molecule has 13 nitrogen and oxygen atoms in total. The van der Waals surface area contributed by atoms with E-state index in [-0.39, 0.29) is 12.8 Å². The number of carbonyl (C=O) groups excluding carboxylic acids is 2. The zero-order valence-corrected chi connectivity index (χ0v) is 36.9. The standard InChI is InChI=1S/C45H79O13P/c1-3-5-7-9-11-13-15-17-18-19-20-22-23-25-27-29-31-33-38(46)55-35-37(36-56-59(53,54)58-45-43(51)41(49)40(48)42(50)44(45)52)57-39(47)34-32-30-28-26-24-21-16-14-12-10-8-6-4-2/h11,13,17-18,21,24,28,30,37,40-45,48-52H,3-10,12,14-16,19-20,22-23,25-27,29,31-36H2,1-2H3,(H,53,54)/b13-11+,18-17+,24-21+,30-28+/t37?,40?,41-,42?,43?,44?,45?/m0/s1. The van der Waals surface area contributed by atoms with Gasteiger partial charge in [-0.05, 0) is 64.2 Å². The summed E-state index contributed by atoms with van der Waals surface area (Å²) in [6.07, 6.45) is 27.6. The summed E-state index contributed by atoms with van der Waals surface area (Å²) in [5.41, 5.74) is 0. The molecule has 1 saturated carbocycles. The summed E-state index contributed by atoms with van der Waals surface area (Å²) in [6, 6.07) is 0. The molecule has 0 aromatic heterocycles. The first kappa shape index (κ1) is 54.8. The monoisotopic (exact) mass is 859 g/mol. The van der Waals surface area contributed by atoms with E-state index in [1.165, 1.54) is 57.8 Å². The van der Waals surface area contributed by atoms with Gasteiger partial charge in [0.25, 0.3) is 0 Å². The van der Waals surface area contributed by atoms with Crippen molar-refractivity contribution in [2.75, 3.05) is 13.2 Å². The third kappa shape index (κ3) is 28.1. The van der Waals surface area contributed by atoms with Crippen LogP contribution in [-0.2, 0) is 32.7 Å². The molecule has 7 unspecified atom stereocenters. The Morgan fingerprint density at radius 2 is 0.949 bits per heavy atom. The quantitative estimate of drug-likeness (QED) is 0.0152. The van der Waals surface area contributed by atoms with Gasteiger partial charge in [-0.3, -0.25) is 18.6 Å². The summed E-state index contributed by atoms with van der Waals surface area (Å²) in [7, 11) is -5.13. The van der Waals surface area contributed by atoms with Crippen LogP contribution in [0.3, 0.4) is 0 Å². The first-order valence-electron chi connectivity index (χ1n) is 22.4. The van der Waals surface area contributed by atoms with Crippen molar-refractivity contribution in [2.45, 2.75) is 211 Å². The summed E-state index contributed by atoms with van der Waals surface area (Å²) < 4.78 is 33.4. The smallest absolute Gasteiger partial charge is 0.462 e. The van der Waals surface area contributed by atoms with Gasteiger partial charge in [-0.2, -0.15) is 0 Å². The van der Waals surface area contributed by atoms with Crippen molar-refractivity contribution in [1.29, 1.82) is 0 Å². The highest BCUT2D eigenvalue weighted by molar-refractivity contribution is 7.47. The van der Waals surface area contributed by atoms with Crippen molar-refractivity contribution < 1.29 is 63.1 Å². The van der Waals surface area contributed by atoms with Crippen LogP contribution in [0.2, 0.25) is 0 Å². The Morgan fingerprint density at radius 3 is 1.47 bits per heavy atom. The number of phosphoric acid groups is 1. The van der Waals surface area contributed by atoms with Crippen LogP contribution in [0.25, 0.3) is 0 Å². The molecule has 1 aliphatic carbocycles. The van der Waals surface area contributed by atoms with Gasteiger partial charge in [0.05, 0.1) is 6.61 Å². The Hall–Kier alpha value is -2.19. The van der Waals surface area contributed by atoms with Gasteiger partial charge in [0.2, 0.25) is 0 Å². The third-order valence-corrected chi connectivity index (χ3v) is 11.1. The number of hydrogen-bond donors (Lipinski definition) is 6. The molecule has 1 rings (SSSR count). The van der Waals surface area contributed by atoms with Crippen molar-refractivity contribution >= 4 is 19.8 Å². The number of aliphatic hydroxyl groups is 5. The third-order valence-electron chi connectivity index (χ3n) is 10.2. The Labute approximate surface area is 354 Å². The molecule has 0 radical (unpaired) electrons. The highest BCUT2D eigenvalue weighted by Crippen LogP contribution is 2.47. The van der Waals surface area contributed by atoms with Gasteiger partial charge in [0.1, 0.15) is 43.2 Å². The van der Waals surface area contributed by atoms with Crippen LogP contribution in [0, 0.1) is 0 Å². The topological polar surface area (TPSA) is 210 Å². The van der Waals surface area contributed by atoms with Gasteiger partial charge >= 0.3 is 19.8 Å². The summed E-state index contributed by atoms with van der Waals surface area (Å²) in [5.74, 6) is -1.19. The maximum Gasteiger partial charge on any atom is 0.472 e. The number of aliphatic hydroxyl groups excluding tert-OH is 5. The number of phosphoric ester groups is 1. The number of hydrogen-bond acceptors (Lipinski definition) is 12. The Morgan fingerprint density at radius 1 is 0.525 bits per heavy atom. The molecule has 0 aliphatic heterocycles. The van der Waals surface area contributed by atoms with Crippen LogP contribution < -0.4 is 0 Å². The van der Waals surface area contributed by atoms with E-state index in [0.717, 1.165) is 70.6 Å². The fourth-order valence-corrected chi connectivity index (χ4v) is 7.46. The molecule has 1 aliphatic rings. The van der Waals surface area contributed by atoms with E-state index in [1.54, 1.807) is 0 Å². The van der Waals surface area contributed by atoms with Crippen LogP contribution in [0.15, 0.2) is 48.6 Å². The summed E-state index contributed by atoms with van der Waals surface area (Å²) >= 11 is 0. The molecule has 0 aromatic rings. The maximum absolute atomic E-state index is 12.8. The molecule has 6 N–H and O–H groups in total. The van der Waals surface area contributed by atoms with Crippen molar-refractivity contribution in [1.82, 2.24) is 0 Å². The summed E-state index contributed by atoms with van der Waals surface area (Å²) in [4.78, 5) is 35.6. The summed E-state index contributed by atoms with van der Waals surface area (Å²) in [6.45, 7) is 3.19. The second kappa shape index (κ2) is 35.4. The number of ether oxygens (including phenoxy) is 2. The van der Waals surface area contributed by atoms with E-state index in [1.807, 2.05) is 12.2 Å². The normalized spacial score (nSPS) is 22.8. The first-order valence-corrected chi connectivity index (χ1v) is 23.9. The number of esters is 2. The van der Waals surface area contributed by atoms with Crippen molar-refractivity contribution in [3.63, 3.8) is 0 Å². The lowest BCUT2D eigenvalue weighted by Gasteiger charge is -2.41. The van der Waals surface area contributed by atoms with Gasteiger partial charge < -0.3 is 39.9 Å². The van der Waals surface area contributed by atoms with Crippen LogP contribution in [0.4, 0.5) is 0 Å². The van der Waals surface area contributed by atoms with Gasteiger partial charge in [-0.1, -0.05) is 140 Å². The molecule has 342 valence electrons. The molecule has 8 atom stereocenters. The summed E-state index contributed by atoms with van der Waals surface area (Å²) in [5, 5.41) is 50.1. The molecular formula is C45H79O13P. The predicted molar refractivity (Wildman–Crippen MR) is 230 cm³/mol. The van der Waals surface area contributed by atoms with E-state index < -0.39 is 75.7 Å². The molecule has 0 saturated heterocycles. The second-order valence-corrected chi connectivity index (χ2v) is 16.9. The number of carbonyl (C=O) groups is 2.